The van der Waals surface area contributed by atoms with Gasteiger partial charge in [-0.05, 0) is 73.9 Å². The van der Waals surface area contributed by atoms with Gasteiger partial charge in [-0.1, -0.05) is 25.8 Å². The molecule has 3 heterocycles. The maximum absolute atomic E-state index is 12.6. The molecule has 7 heteroatoms. The first-order valence-electron chi connectivity index (χ1n) is 13.3. The van der Waals surface area contributed by atoms with Crippen molar-refractivity contribution < 1.29 is 19.4 Å². The molecule has 4 atom stereocenters. The van der Waals surface area contributed by atoms with Crippen LogP contribution in [0.25, 0.3) is 11.0 Å². The van der Waals surface area contributed by atoms with E-state index in [-0.39, 0.29) is 12.1 Å². The maximum atomic E-state index is 12.6. The molecule has 1 N–H and O–H groups in total. The van der Waals surface area contributed by atoms with E-state index in [0.717, 1.165) is 71.3 Å². The van der Waals surface area contributed by atoms with Gasteiger partial charge >= 0.3 is 6.09 Å². The van der Waals surface area contributed by atoms with Gasteiger partial charge in [0, 0.05) is 24.1 Å². The zero-order chi connectivity index (χ0) is 25.0. The Labute approximate surface area is 212 Å². The third-order valence-electron chi connectivity index (χ3n) is 8.40. The summed E-state index contributed by atoms with van der Waals surface area (Å²) in [4.78, 5) is 19.5. The minimum atomic E-state index is -0.838. The lowest BCUT2D eigenvalue weighted by atomic mass is 9.86. The number of aromatic nitrogens is 2. The summed E-state index contributed by atoms with van der Waals surface area (Å²) in [6.07, 6.45) is 5.94. The Morgan fingerprint density at radius 2 is 2.03 bits per heavy atom. The lowest BCUT2D eigenvalue weighted by molar-refractivity contribution is 0.175. The number of hydrogen-bond acceptors (Lipinski definition) is 5. The highest BCUT2D eigenvalue weighted by Crippen LogP contribution is 2.42. The highest BCUT2D eigenvalue weighted by Gasteiger charge is 2.34. The minimum Gasteiger partial charge on any atom is -0.493 e. The predicted molar refractivity (Wildman–Crippen MR) is 139 cm³/mol. The van der Waals surface area contributed by atoms with E-state index < -0.39 is 6.10 Å². The second-order valence-electron chi connectivity index (χ2n) is 10.8. The van der Waals surface area contributed by atoms with Crippen LogP contribution in [0.1, 0.15) is 80.6 Å². The number of aliphatic hydroxyl groups is 1. The number of aliphatic hydroxyl groups excluding tert-OH is 1. The fraction of sp³-hybridized carbons (Fsp3) is 0.517. The van der Waals surface area contributed by atoms with E-state index in [0.29, 0.717) is 24.4 Å². The van der Waals surface area contributed by atoms with Crippen LogP contribution >= 0.6 is 0 Å². The molecule has 1 aliphatic carbocycles. The molecule has 0 bridgehead atoms. The van der Waals surface area contributed by atoms with Crippen LogP contribution in [0.3, 0.4) is 0 Å². The highest BCUT2D eigenvalue weighted by molar-refractivity contribution is 5.95. The Kier molecular flexibility index (Phi) is 5.91. The lowest BCUT2D eigenvalue weighted by Crippen LogP contribution is -2.42. The number of rotatable bonds is 3. The first-order chi connectivity index (χ1) is 17.5. The Morgan fingerprint density at radius 3 is 2.83 bits per heavy atom. The van der Waals surface area contributed by atoms with Crippen LogP contribution in [0.5, 0.6) is 5.75 Å². The number of fused-ring (bicyclic) bond motifs is 4. The molecule has 3 aliphatic rings. The van der Waals surface area contributed by atoms with E-state index >= 15 is 0 Å². The fourth-order valence-electron chi connectivity index (χ4n) is 6.53. The number of ether oxygens (including phenoxy) is 2. The Hall–Kier alpha value is -3.06. The van der Waals surface area contributed by atoms with Gasteiger partial charge in [0.2, 0.25) is 0 Å². The third-order valence-corrected chi connectivity index (χ3v) is 8.40. The van der Waals surface area contributed by atoms with Gasteiger partial charge in [0.05, 0.1) is 30.4 Å². The first-order valence-corrected chi connectivity index (χ1v) is 13.3. The van der Waals surface area contributed by atoms with E-state index in [2.05, 4.69) is 30.5 Å². The molecule has 6 rings (SSSR count). The van der Waals surface area contributed by atoms with Crippen LogP contribution in [0.2, 0.25) is 0 Å². The van der Waals surface area contributed by atoms with Crippen LogP contribution in [-0.4, -0.2) is 40.5 Å². The standard InChI is InChI=1S/C29H35N3O4/c1-17-5-4-6-21(15-17)32-24-11-10-23-22(9-7-18(2)31(23)29(34)35-3)26(24)30-28(32)27(33)20-8-12-25-19(16-20)13-14-36-25/h8,10-12,16-18,21,27,33H,4-7,9,13-15H2,1-3H3. The van der Waals surface area contributed by atoms with E-state index in [9.17, 15) is 9.90 Å². The van der Waals surface area contributed by atoms with Crippen molar-refractivity contribution in [3.8, 4) is 5.75 Å². The molecule has 4 unspecified atom stereocenters. The molecule has 0 radical (unpaired) electrons. The van der Waals surface area contributed by atoms with Crippen molar-refractivity contribution in [1.82, 2.24) is 9.55 Å². The summed E-state index contributed by atoms with van der Waals surface area (Å²) < 4.78 is 13.1. The normalized spacial score (nSPS) is 24.2. The molecule has 1 aromatic heterocycles. The number of benzene rings is 2. The molecule has 36 heavy (non-hydrogen) atoms. The summed E-state index contributed by atoms with van der Waals surface area (Å²) in [7, 11) is 1.43. The molecule has 1 fully saturated rings. The van der Waals surface area contributed by atoms with E-state index in [1.54, 1.807) is 4.90 Å². The molecule has 1 amide bonds. The Bertz CT molecular complexity index is 1320. The zero-order valence-electron chi connectivity index (χ0n) is 21.4. The van der Waals surface area contributed by atoms with Crippen molar-refractivity contribution in [2.75, 3.05) is 18.6 Å². The second-order valence-corrected chi connectivity index (χ2v) is 10.8. The van der Waals surface area contributed by atoms with Gasteiger partial charge in [-0.3, -0.25) is 4.90 Å². The maximum Gasteiger partial charge on any atom is 0.414 e. The Balaban J connectivity index is 1.51. The number of carbonyl (C=O) groups excluding carboxylic acids is 1. The zero-order valence-corrected chi connectivity index (χ0v) is 21.4. The molecule has 2 aromatic carbocycles. The van der Waals surface area contributed by atoms with Crippen molar-refractivity contribution in [2.45, 2.75) is 77.0 Å². The van der Waals surface area contributed by atoms with Crippen molar-refractivity contribution in [3.05, 3.63) is 52.8 Å². The number of methoxy groups -OCH3 is 1. The lowest BCUT2D eigenvalue weighted by Gasteiger charge is -2.34. The molecule has 3 aromatic rings. The van der Waals surface area contributed by atoms with Crippen molar-refractivity contribution >= 4 is 22.8 Å². The fourth-order valence-corrected chi connectivity index (χ4v) is 6.53. The van der Waals surface area contributed by atoms with Gasteiger partial charge in [0.25, 0.3) is 0 Å². The van der Waals surface area contributed by atoms with E-state index in [1.165, 1.54) is 20.0 Å². The number of carbonyl (C=O) groups is 1. The molecular formula is C29H35N3O4. The van der Waals surface area contributed by atoms with E-state index in [4.69, 9.17) is 14.5 Å². The number of imidazole rings is 1. The predicted octanol–water partition coefficient (Wildman–Crippen LogP) is 5.71. The molecule has 1 saturated carbocycles. The molecular weight excluding hydrogens is 454 g/mol. The molecule has 7 nitrogen and oxygen atoms in total. The summed E-state index contributed by atoms with van der Waals surface area (Å²) >= 11 is 0. The third kappa shape index (κ3) is 3.76. The molecule has 2 aliphatic heterocycles. The van der Waals surface area contributed by atoms with Gasteiger partial charge in [-0.2, -0.15) is 0 Å². The van der Waals surface area contributed by atoms with Crippen LogP contribution in [-0.2, 0) is 17.6 Å². The smallest absolute Gasteiger partial charge is 0.414 e. The van der Waals surface area contributed by atoms with Crippen LogP contribution in [0.15, 0.2) is 30.3 Å². The van der Waals surface area contributed by atoms with Crippen molar-refractivity contribution in [3.63, 3.8) is 0 Å². The van der Waals surface area contributed by atoms with Gasteiger partial charge in [-0.25, -0.2) is 9.78 Å². The SMILES string of the molecule is COC(=O)N1c2ccc3c(nc(C(O)c4ccc5c(c4)CCO5)n3C3CCCC(C)C3)c2CCC1C. The summed E-state index contributed by atoms with van der Waals surface area (Å²) in [5, 5.41) is 11.7. The van der Waals surface area contributed by atoms with Crippen LogP contribution < -0.4 is 9.64 Å². The number of amides is 1. The number of aryl methyl sites for hydroxylation is 1. The highest BCUT2D eigenvalue weighted by atomic mass is 16.5. The van der Waals surface area contributed by atoms with Crippen LogP contribution in [0, 0.1) is 5.92 Å². The summed E-state index contributed by atoms with van der Waals surface area (Å²) in [6.45, 7) is 5.06. The van der Waals surface area contributed by atoms with Crippen LogP contribution in [0.4, 0.5) is 10.5 Å². The average Bonchev–Trinajstić information content (AvgIpc) is 3.52. The van der Waals surface area contributed by atoms with Crippen molar-refractivity contribution in [2.24, 2.45) is 5.92 Å². The number of hydrogen-bond donors (Lipinski definition) is 1. The Morgan fingerprint density at radius 1 is 1.17 bits per heavy atom. The van der Waals surface area contributed by atoms with Gasteiger partial charge < -0.3 is 19.1 Å². The molecule has 190 valence electrons. The average molecular weight is 490 g/mol. The molecule has 0 spiro atoms. The molecule has 0 saturated heterocycles. The topological polar surface area (TPSA) is 76.8 Å². The monoisotopic (exact) mass is 489 g/mol. The number of nitrogens with zero attached hydrogens (tertiary/aromatic N) is 3. The van der Waals surface area contributed by atoms with Gasteiger partial charge in [-0.15, -0.1) is 0 Å². The van der Waals surface area contributed by atoms with Gasteiger partial charge in [0.15, 0.2) is 0 Å². The van der Waals surface area contributed by atoms with Crippen molar-refractivity contribution in [1.29, 1.82) is 0 Å². The summed E-state index contributed by atoms with van der Waals surface area (Å²) in [5.41, 5.74) is 5.86. The first kappa shape index (κ1) is 23.3. The minimum absolute atomic E-state index is 0.0578. The summed E-state index contributed by atoms with van der Waals surface area (Å²) in [5.74, 6) is 2.24. The van der Waals surface area contributed by atoms with E-state index in [1.807, 2.05) is 18.2 Å². The van der Waals surface area contributed by atoms with Gasteiger partial charge in [0.1, 0.15) is 17.7 Å². The number of anilines is 1. The quantitative estimate of drug-likeness (QED) is 0.510. The second kappa shape index (κ2) is 9.11. The largest absolute Gasteiger partial charge is 0.493 e. The summed E-state index contributed by atoms with van der Waals surface area (Å²) in [6, 6.07) is 10.5.